The van der Waals surface area contributed by atoms with Crippen LogP contribution in [0, 0.1) is 13.8 Å². The molecule has 220 valence electrons. The van der Waals surface area contributed by atoms with Gasteiger partial charge in [0, 0.05) is 29.1 Å². The number of nitrogens with one attached hydrogen (secondary N) is 1. The van der Waals surface area contributed by atoms with Gasteiger partial charge < -0.3 is 10.2 Å². The molecule has 7 nitrogen and oxygen atoms in total. The minimum absolute atomic E-state index is 0.0231. The van der Waals surface area contributed by atoms with Gasteiger partial charge >= 0.3 is 0 Å². The monoisotopic (exact) mass is 617 g/mol. The maximum atomic E-state index is 14.2. The molecule has 10 heteroatoms. The van der Waals surface area contributed by atoms with Gasteiger partial charge in [-0.1, -0.05) is 72.6 Å². The van der Waals surface area contributed by atoms with Crippen molar-refractivity contribution in [1.82, 2.24) is 10.2 Å². The summed E-state index contributed by atoms with van der Waals surface area (Å²) in [6.07, 6.45) is 1.99. The Morgan fingerprint density at radius 1 is 0.951 bits per heavy atom. The van der Waals surface area contributed by atoms with Crippen LogP contribution in [0.1, 0.15) is 42.5 Å². The molecule has 3 rings (SSSR count). The van der Waals surface area contributed by atoms with Crippen molar-refractivity contribution in [2.45, 2.75) is 59.2 Å². The number of benzene rings is 3. The normalized spacial score (nSPS) is 12.9. The average Bonchev–Trinajstić information content (AvgIpc) is 2.89. The first-order valence-electron chi connectivity index (χ1n) is 13.4. The van der Waals surface area contributed by atoms with E-state index in [1.165, 1.54) is 4.90 Å². The number of sulfonamides is 1. The molecule has 41 heavy (non-hydrogen) atoms. The summed E-state index contributed by atoms with van der Waals surface area (Å²) in [6, 6.07) is 18.6. The van der Waals surface area contributed by atoms with Gasteiger partial charge in [-0.2, -0.15) is 0 Å². The molecule has 2 amide bonds. The molecular formula is C31H37Cl2N3O4S. The molecule has 0 saturated carbocycles. The second-order valence-electron chi connectivity index (χ2n) is 10.4. The Balaban J connectivity index is 2.11. The molecule has 0 bridgehead atoms. The van der Waals surface area contributed by atoms with E-state index in [2.05, 4.69) is 5.32 Å². The SMILES string of the molecule is CC[C@H](C)NC(=O)[C@H](Cc1ccccc1)N(Cc1ccc(Cl)cc1Cl)C(=O)CN(c1cc(C)cc(C)c1)S(C)(=O)=O. The molecule has 1 N–H and O–H groups in total. The highest BCUT2D eigenvalue weighted by molar-refractivity contribution is 7.92. The lowest BCUT2D eigenvalue weighted by atomic mass is 10.0. The predicted molar refractivity (Wildman–Crippen MR) is 167 cm³/mol. The van der Waals surface area contributed by atoms with Crippen LogP contribution in [0.2, 0.25) is 10.0 Å². The lowest BCUT2D eigenvalue weighted by molar-refractivity contribution is -0.140. The molecule has 0 aliphatic heterocycles. The highest BCUT2D eigenvalue weighted by atomic mass is 35.5. The zero-order valence-electron chi connectivity index (χ0n) is 24.0. The van der Waals surface area contributed by atoms with Crippen LogP contribution in [0.25, 0.3) is 0 Å². The maximum Gasteiger partial charge on any atom is 0.244 e. The van der Waals surface area contributed by atoms with Gasteiger partial charge in [-0.3, -0.25) is 13.9 Å². The van der Waals surface area contributed by atoms with Crippen LogP contribution in [-0.2, 0) is 32.6 Å². The Morgan fingerprint density at radius 2 is 1.59 bits per heavy atom. The number of anilines is 1. The van der Waals surface area contributed by atoms with Gasteiger partial charge in [-0.15, -0.1) is 0 Å². The van der Waals surface area contributed by atoms with Crippen molar-refractivity contribution in [2.24, 2.45) is 0 Å². The number of hydrogen-bond donors (Lipinski definition) is 1. The minimum Gasteiger partial charge on any atom is -0.352 e. The Morgan fingerprint density at radius 3 is 2.15 bits per heavy atom. The van der Waals surface area contributed by atoms with Crippen LogP contribution in [-0.4, -0.2) is 50.0 Å². The molecule has 0 unspecified atom stereocenters. The first-order chi connectivity index (χ1) is 19.3. The van der Waals surface area contributed by atoms with Crippen LogP contribution in [0.5, 0.6) is 0 Å². The van der Waals surface area contributed by atoms with E-state index in [-0.39, 0.29) is 24.9 Å². The summed E-state index contributed by atoms with van der Waals surface area (Å²) in [4.78, 5) is 29.3. The van der Waals surface area contributed by atoms with Gasteiger partial charge in [-0.25, -0.2) is 8.42 Å². The molecule has 3 aromatic carbocycles. The van der Waals surface area contributed by atoms with Crippen LogP contribution < -0.4 is 9.62 Å². The van der Waals surface area contributed by atoms with Crippen LogP contribution in [0.15, 0.2) is 66.7 Å². The van der Waals surface area contributed by atoms with Gasteiger partial charge in [0.25, 0.3) is 0 Å². The summed E-state index contributed by atoms with van der Waals surface area (Å²) in [7, 11) is -3.85. The quantitative estimate of drug-likeness (QED) is 0.273. The fourth-order valence-corrected chi connectivity index (χ4v) is 5.84. The van der Waals surface area contributed by atoms with Crippen molar-refractivity contribution >= 4 is 50.7 Å². The summed E-state index contributed by atoms with van der Waals surface area (Å²) < 4.78 is 27.0. The number of hydrogen-bond acceptors (Lipinski definition) is 4. The van der Waals surface area contributed by atoms with Crippen LogP contribution >= 0.6 is 23.2 Å². The Labute approximate surface area is 253 Å². The zero-order chi connectivity index (χ0) is 30.3. The third-order valence-electron chi connectivity index (χ3n) is 6.80. The van der Waals surface area contributed by atoms with Crippen molar-refractivity contribution in [3.05, 3.63) is 99.0 Å². The summed E-state index contributed by atoms with van der Waals surface area (Å²) in [5.41, 5.74) is 3.54. The van der Waals surface area contributed by atoms with Crippen molar-refractivity contribution < 1.29 is 18.0 Å². The molecule has 2 atom stereocenters. The number of carbonyl (C=O) groups is 2. The van der Waals surface area contributed by atoms with Crippen molar-refractivity contribution in [3.63, 3.8) is 0 Å². The third-order valence-corrected chi connectivity index (χ3v) is 8.53. The molecule has 0 aromatic heterocycles. The van der Waals surface area contributed by atoms with Gasteiger partial charge in [0.2, 0.25) is 21.8 Å². The number of rotatable bonds is 12. The van der Waals surface area contributed by atoms with E-state index in [0.717, 1.165) is 27.3 Å². The van der Waals surface area contributed by atoms with E-state index in [1.54, 1.807) is 30.3 Å². The standard InChI is InChI=1S/C31H37Cl2N3O4S/c1-6-23(4)34-31(38)29(17-24-10-8-7-9-11-24)35(19-25-12-13-26(32)18-28(25)33)30(37)20-36(41(5,39)40)27-15-21(2)14-22(3)16-27/h7-16,18,23,29H,6,17,19-20H2,1-5H3,(H,34,38)/t23-,29-/m0/s1. The van der Waals surface area contributed by atoms with E-state index >= 15 is 0 Å². The van der Waals surface area contributed by atoms with Crippen molar-refractivity contribution in [2.75, 3.05) is 17.1 Å². The largest absolute Gasteiger partial charge is 0.352 e. The maximum absolute atomic E-state index is 14.2. The summed E-state index contributed by atoms with van der Waals surface area (Å²) in [6.45, 7) is 7.07. The number of nitrogens with zero attached hydrogens (tertiary/aromatic N) is 2. The Hall–Kier alpha value is -3.07. The van der Waals surface area contributed by atoms with E-state index < -0.39 is 28.5 Å². The molecule has 3 aromatic rings. The van der Waals surface area contributed by atoms with Gasteiger partial charge in [-0.05, 0) is 73.7 Å². The molecule has 0 saturated heterocycles. The highest BCUT2D eigenvalue weighted by Gasteiger charge is 2.33. The second kappa shape index (κ2) is 14.2. The Kier molecular flexibility index (Phi) is 11.2. The summed E-state index contributed by atoms with van der Waals surface area (Å²) in [5, 5.41) is 3.78. The molecule has 0 radical (unpaired) electrons. The second-order valence-corrected chi connectivity index (χ2v) is 13.1. The lowest BCUT2D eigenvalue weighted by Gasteiger charge is -2.34. The fourth-order valence-electron chi connectivity index (χ4n) is 4.54. The number of halogens is 2. The predicted octanol–water partition coefficient (Wildman–Crippen LogP) is 5.93. The third kappa shape index (κ3) is 9.21. The smallest absolute Gasteiger partial charge is 0.244 e. The molecule has 0 aliphatic carbocycles. The molecule has 0 heterocycles. The van der Waals surface area contributed by atoms with Gasteiger partial charge in [0.15, 0.2) is 0 Å². The van der Waals surface area contributed by atoms with Crippen LogP contribution in [0.3, 0.4) is 0 Å². The highest BCUT2D eigenvalue weighted by Crippen LogP contribution is 2.26. The van der Waals surface area contributed by atoms with E-state index in [1.807, 2.05) is 64.1 Å². The van der Waals surface area contributed by atoms with E-state index in [4.69, 9.17) is 23.2 Å². The first-order valence-corrected chi connectivity index (χ1v) is 16.0. The zero-order valence-corrected chi connectivity index (χ0v) is 26.4. The first kappa shape index (κ1) is 32.4. The van der Waals surface area contributed by atoms with E-state index in [9.17, 15) is 18.0 Å². The molecule has 0 aliphatic rings. The van der Waals surface area contributed by atoms with Crippen molar-refractivity contribution in [3.8, 4) is 0 Å². The lowest BCUT2D eigenvalue weighted by Crippen LogP contribution is -2.54. The topological polar surface area (TPSA) is 86.8 Å². The van der Waals surface area contributed by atoms with Gasteiger partial charge in [0.05, 0.1) is 11.9 Å². The Bertz CT molecular complexity index is 1460. The number of amides is 2. The summed E-state index contributed by atoms with van der Waals surface area (Å²) >= 11 is 12.6. The minimum atomic E-state index is -3.85. The van der Waals surface area contributed by atoms with Crippen LogP contribution in [0.4, 0.5) is 5.69 Å². The van der Waals surface area contributed by atoms with Crippen molar-refractivity contribution in [1.29, 1.82) is 0 Å². The number of aryl methyl sites for hydroxylation is 2. The fraction of sp³-hybridized carbons (Fsp3) is 0.355. The number of carbonyl (C=O) groups excluding carboxylic acids is 2. The molecular weight excluding hydrogens is 581 g/mol. The van der Waals surface area contributed by atoms with Gasteiger partial charge in [0.1, 0.15) is 12.6 Å². The summed E-state index contributed by atoms with van der Waals surface area (Å²) in [5.74, 6) is -0.875. The average molecular weight is 619 g/mol. The van der Waals surface area contributed by atoms with E-state index in [0.29, 0.717) is 27.7 Å². The molecule has 0 spiro atoms. The molecule has 0 fully saturated rings.